The summed E-state index contributed by atoms with van der Waals surface area (Å²) in [4.78, 5) is 17.5. The van der Waals surface area contributed by atoms with Gasteiger partial charge in [-0.05, 0) is 60.6 Å². The Kier molecular flexibility index (Phi) is 4.40. The smallest absolute Gasteiger partial charge is 0.312 e. The SMILES string of the molecule is O=[N+]([O-])c1cc(Br)cnc1N(CC1CCNCC1)C1CC1. The molecule has 114 valence electrons. The fourth-order valence-electron chi connectivity index (χ4n) is 2.91. The topological polar surface area (TPSA) is 71.3 Å². The molecule has 1 saturated carbocycles. The fourth-order valence-corrected chi connectivity index (χ4v) is 3.23. The Morgan fingerprint density at radius 2 is 2.10 bits per heavy atom. The number of pyridine rings is 1. The molecular formula is C14H19BrN4O2. The second-order valence-corrected chi connectivity index (χ2v) is 6.75. The largest absolute Gasteiger partial charge is 0.348 e. The van der Waals surface area contributed by atoms with Crippen LogP contribution in [0.3, 0.4) is 0 Å². The lowest BCUT2D eigenvalue weighted by Crippen LogP contribution is -2.38. The maximum atomic E-state index is 11.3. The first-order chi connectivity index (χ1) is 10.1. The van der Waals surface area contributed by atoms with Crippen molar-refractivity contribution in [3.8, 4) is 0 Å². The maximum absolute atomic E-state index is 11.3. The van der Waals surface area contributed by atoms with E-state index in [0.29, 0.717) is 22.3 Å². The van der Waals surface area contributed by atoms with Gasteiger partial charge < -0.3 is 10.2 Å². The van der Waals surface area contributed by atoms with Crippen molar-refractivity contribution in [2.24, 2.45) is 5.92 Å². The highest BCUT2D eigenvalue weighted by atomic mass is 79.9. The maximum Gasteiger partial charge on any atom is 0.312 e. The monoisotopic (exact) mass is 354 g/mol. The molecule has 0 bridgehead atoms. The third kappa shape index (κ3) is 3.52. The van der Waals surface area contributed by atoms with Crippen LogP contribution in [0.1, 0.15) is 25.7 Å². The number of halogens is 1. The Bertz CT molecular complexity index is 530. The number of nitrogens with zero attached hydrogens (tertiary/aromatic N) is 3. The molecule has 0 atom stereocenters. The second-order valence-electron chi connectivity index (χ2n) is 5.83. The first-order valence-corrected chi connectivity index (χ1v) is 8.21. The molecule has 1 aliphatic carbocycles. The molecule has 21 heavy (non-hydrogen) atoms. The lowest BCUT2D eigenvalue weighted by molar-refractivity contribution is -0.384. The van der Waals surface area contributed by atoms with Crippen molar-refractivity contribution in [2.45, 2.75) is 31.7 Å². The summed E-state index contributed by atoms with van der Waals surface area (Å²) >= 11 is 3.27. The molecule has 3 rings (SSSR count). The molecule has 1 N–H and O–H groups in total. The molecule has 2 aliphatic rings. The Hall–Kier alpha value is -1.21. The van der Waals surface area contributed by atoms with Crippen molar-refractivity contribution in [2.75, 3.05) is 24.5 Å². The normalized spacial score (nSPS) is 19.5. The molecular weight excluding hydrogens is 336 g/mol. The Labute approximate surface area is 132 Å². The van der Waals surface area contributed by atoms with E-state index in [0.717, 1.165) is 45.3 Å². The van der Waals surface area contributed by atoms with Crippen LogP contribution in [-0.4, -0.2) is 35.6 Å². The summed E-state index contributed by atoms with van der Waals surface area (Å²) in [5.41, 5.74) is 0.102. The van der Waals surface area contributed by atoms with Gasteiger partial charge in [-0.25, -0.2) is 4.98 Å². The Morgan fingerprint density at radius 1 is 1.38 bits per heavy atom. The van der Waals surface area contributed by atoms with Gasteiger partial charge in [-0.2, -0.15) is 0 Å². The molecule has 0 aromatic carbocycles. The van der Waals surface area contributed by atoms with E-state index in [4.69, 9.17) is 0 Å². The van der Waals surface area contributed by atoms with Crippen molar-refractivity contribution in [3.05, 3.63) is 26.9 Å². The van der Waals surface area contributed by atoms with Crippen LogP contribution in [-0.2, 0) is 0 Å². The zero-order chi connectivity index (χ0) is 14.8. The standard InChI is InChI=1S/C14H19BrN4O2/c15-11-7-13(19(20)21)14(17-8-11)18(12-1-2-12)9-10-3-5-16-6-4-10/h7-8,10,12,16H,1-6,9H2. The first kappa shape index (κ1) is 14.7. The van der Waals surface area contributed by atoms with Crippen LogP contribution >= 0.6 is 15.9 Å². The first-order valence-electron chi connectivity index (χ1n) is 7.42. The molecule has 0 radical (unpaired) electrons. The van der Waals surface area contributed by atoms with E-state index in [-0.39, 0.29) is 10.6 Å². The molecule has 1 aromatic heterocycles. The van der Waals surface area contributed by atoms with Crippen molar-refractivity contribution in [3.63, 3.8) is 0 Å². The van der Waals surface area contributed by atoms with Gasteiger partial charge in [0.25, 0.3) is 0 Å². The minimum Gasteiger partial charge on any atom is -0.348 e. The van der Waals surface area contributed by atoms with Crippen molar-refractivity contribution >= 4 is 27.4 Å². The van der Waals surface area contributed by atoms with E-state index in [1.807, 2.05) is 0 Å². The highest BCUT2D eigenvalue weighted by Gasteiger charge is 2.35. The third-order valence-corrected chi connectivity index (χ3v) is 4.62. The number of nitro groups is 1. The zero-order valence-electron chi connectivity index (χ0n) is 11.8. The zero-order valence-corrected chi connectivity index (χ0v) is 13.4. The van der Waals surface area contributed by atoms with Gasteiger partial charge in [-0.3, -0.25) is 10.1 Å². The van der Waals surface area contributed by atoms with Crippen molar-refractivity contribution in [1.82, 2.24) is 10.3 Å². The van der Waals surface area contributed by atoms with E-state index in [2.05, 4.69) is 31.1 Å². The number of piperidine rings is 1. The molecule has 2 heterocycles. The Morgan fingerprint density at radius 3 is 2.71 bits per heavy atom. The van der Waals surface area contributed by atoms with Crippen molar-refractivity contribution in [1.29, 1.82) is 0 Å². The summed E-state index contributed by atoms with van der Waals surface area (Å²) in [6.45, 7) is 2.96. The average Bonchev–Trinajstić information content (AvgIpc) is 3.31. The summed E-state index contributed by atoms with van der Waals surface area (Å²) in [6, 6.07) is 1.98. The summed E-state index contributed by atoms with van der Waals surface area (Å²) in [7, 11) is 0. The lowest BCUT2D eigenvalue weighted by atomic mass is 9.97. The van der Waals surface area contributed by atoms with E-state index < -0.39 is 0 Å². The van der Waals surface area contributed by atoms with E-state index in [9.17, 15) is 10.1 Å². The predicted molar refractivity (Wildman–Crippen MR) is 84.6 cm³/mol. The van der Waals surface area contributed by atoms with Gasteiger partial charge in [0, 0.05) is 29.3 Å². The summed E-state index contributed by atoms with van der Waals surface area (Å²) in [5, 5.41) is 14.7. The van der Waals surface area contributed by atoms with Gasteiger partial charge in [0.15, 0.2) is 0 Å². The molecule has 6 nitrogen and oxygen atoms in total. The minimum atomic E-state index is -0.328. The molecule has 0 unspecified atom stereocenters. The summed E-state index contributed by atoms with van der Waals surface area (Å²) in [5.74, 6) is 1.13. The van der Waals surface area contributed by atoms with E-state index >= 15 is 0 Å². The van der Waals surface area contributed by atoms with Crippen LogP contribution < -0.4 is 10.2 Å². The molecule has 7 heteroatoms. The Balaban J connectivity index is 1.85. The van der Waals surface area contributed by atoms with Gasteiger partial charge >= 0.3 is 5.69 Å². The number of hydrogen-bond donors (Lipinski definition) is 1. The minimum absolute atomic E-state index is 0.102. The number of hydrogen-bond acceptors (Lipinski definition) is 5. The van der Waals surface area contributed by atoms with Gasteiger partial charge in [0.1, 0.15) is 0 Å². The van der Waals surface area contributed by atoms with Crippen LogP contribution in [0.4, 0.5) is 11.5 Å². The summed E-state index contributed by atoms with van der Waals surface area (Å²) in [6.07, 6.45) is 6.14. The van der Waals surface area contributed by atoms with Crippen LogP contribution in [0, 0.1) is 16.0 Å². The molecule has 1 aliphatic heterocycles. The van der Waals surface area contributed by atoms with Crippen LogP contribution in [0.2, 0.25) is 0 Å². The number of aromatic nitrogens is 1. The number of nitrogens with one attached hydrogen (secondary N) is 1. The van der Waals surface area contributed by atoms with Crippen LogP contribution in [0.5, 0.6) is 0 Å². The van der Waals surface area contributed by atoms with Gasteiger partial charge in [-0.15, -0.1) is 0 Å². The predicted octanol–water partition coefficient (Wildman–Crippen LogP) is 2.72. The third-order valence-electron chi connectivity index (χ3n) is 4.18. The molecule has 1 saturated heterocycles. The van der Waals surface area contributed by atoms with Crippen molar-refractivity contribution < 1.29 is 4.92 Å². The lowest BCUT2D eigenvalue weighted by Gasteiger charge is -2.30. The van der Waals surface area contributed by atoms with Crippen LogP contribution in [0.25, 0.3) is 0 Å². The second kappa shape index (κ2) is 6.27. The molecule has 0 amide bonds. The van der Waals surface area contributed by atoms with Gasteiger partial charge in [0.05, 0.1) is 4.92 Å². The molecule has 0 spiro atoms. The molecule has 2 fully saturated rings. The van der Waals surface area contributed by atoms with E-state index in [1.54, 1.807) is 12.3 Å². The molecule has 1 aromatic rings. The number of anilines is 1. The summed E-state index contributed by atoms with van der Waals surface area (Å²) < 4.78 is 0.649. The average molecular weight is 355 g/mol. The van der Waals surface area contributed by atoms with Gasteiger partial charge in [-0.1, -0.05) is 0 Å². The number of rotatable bonds is 5. The highest BCUT2D eigenvalue weighted by Crippen LogP contribution is 2.37. The quantitative estimate of drug-likeness (QED) is 0.650. The highest BCUT2D eigenvalue weighted by molar-refractivity contribution is 9.10. The fraction of sp³-hybridized carbons (Fsp3) is 0.643. The van der Waals surface area contributed by atoms with E-state index in [1.165, 1.54) is 0 Å². The van der Waals surface area contributed by atoms with Gasteiger partial charge in [0.2, 0.25) is 5.82 Å². The van der Waals surface area contributed by atoms with Crippen LogP contribution in [0.15, 0.2) is 16.7 Å².